The fraction of sp³-hybridized carbons (Fsp3) is 0.0385. The molecule has 0 spiro atoms. The van der Waals surface area contributed by atoms with Gasteiger partial charge in [-0.3, -0.25) is 4.99 Å². The number of fused-ring (bicyclic) bond motifs is 3. The lowest BCUT2D eigenvalue weighted by molar-refractivity contribution is 0.663. The van der Waals surface area contributed by atoms with E-state index in [0.717, 1.165) is 33.2 Å². The highest BCUT2D eigenvalue weighted by Crippen LogP contribution is 2.41. The van der Waals surface area contributed by atoms with Crippen LogP contribution in [-0.4, -0.2) is 5.71 Å². The van der Waals surface area contributed by atoms with Crippen molar-refractivity contribution in [2.45, 2.75) is 6.04 Å². The summed E-state index contributed by atoms with van der Waals surface area (Å²) in [6.07, 6.45) is 0. The highest BCUT2D eigenvalue weighted by atomic mass is 16.3. The maximum atomic E-state index is 6.17. The summed E-state index contributed by atoms with van der Waals surface area (Å²) >= 11 is 0. The third-order valence-corrected chi connectivity index (χ3v) is 5.48. The van der Waals surface area contributed by atoms with E-state index >= 15 is 0 Å². The molecule has 5 aromatic rings. The third-order valence-electron chi connectivity index (χ3n) is 5.48. The molecule has 0 amide bonds. The number of aliphatic imine (C=N–C) groups is 1. The van der Waals surface area contributed by atoms with E-state index in [1.807, 2.05) is 18.2 Å². The number of furan rings is 1. The highest BCUT2D eigenvalue weighted by molar-refractivity contribution is 6.16. The number of rotatable bonds is 3. The Kier molecular flexibility index (Phi) is 3.26. The predicted molar refractivity (Wildman–Crippen MR) is 115 cm³/mol. The lowest BCUT2D eigenvalue weighted by Gasteiger charge is -2.03. The largest absolute Gasteiger partial charge is 0.456 e. The molecule has 0 bridgehead atoms. The van der Waals surface area contributed by atoms with Crippen molar-refractivity contribution in [1.82, 2.24) is 0 Å². The Hall–Kier alpha value is -3.65. The molecule has 0 fully saturated rings. The monoisotopic (exact) mass is 359 g/mol. The Morgan fingerprint density at radius 2 is 1.25 bits per heavy atom. The third kappa shape index (κ3) is 2.39. The molecule has 4 aromatic carbocycles. The highest BCUT2D eigenvalue weighted by Gasteiger charge is 2.33. The first kappa shape index (κ1) is 15.4. The summed E-state index contributed by atoms with van der Waals surface area (Å²) in [7, 11) is 0. The molecule has 28 heavy (non-hydrogen) atoms. The Morgan fingerprint density at radius 3 is 2.11 bits per heavy atom. The van der Waals surface area contributed by atoms with Crippen LogP contribution in [0.25, 0.3) is 33.1 Å². The van der Waals surface area contributed by atoms with Crippen molar-refractivity contribution in [2.75, 3.05) is 0 Å². The first-order valence-electron chi connectivity index (χ1n) is 9.52. The number of benzene rings is 4. The van der Waals surface area contributed by atoms with Crippen molar-refractivity contribution < 1.29 is 4.42 Å². The molecule has 1 unspecified atom stereocenters. The maximum absolute atomic E-state index is 6.17. The average Bonchev–Trinajstić information content (AvgIpc) is 3.47. The topological polar surface area (TPSA) is 25.5 Å². The second-order valence-corrected chi connectivity index (χ2v) is 7.18. The van der Waals surface area contributed by atoms with Gasteiger partial charge in [0.05, 0.1) is 5.71 Å². The van der Waals surface area contributed by atoms with E-state index in [0.29, 0.717) is 0 Å². The predicted octanol–water partition coefficient (Wildman–Crippen LogP) is 6.80. The Morgan fingerprint density at radius 1 is 0.571 bits per heavy atom. The van der Waals surface area contributed by atoms with Crippen molar-refractivity contribution in [3.63, 3.8) is 0 Å². The Bertz CT molecular complexity index is 1340. The van der Waals surface area contributed by atoms with Crippen molar-refractivity contribution in [2.24, 2.45) is 4.99 Å². The summed E-state index contributed by atoms with van der Waals surface area (Å²) in [6, 6.07) is 33.8. The Labute approximate surface area is 162 Å². The van der Waals surface area contributed by atoms with E-state index in [1.165, 1.54) is 16.7 Å². The van der Waals surface area contributed by atoms with E-state index in [9.17, 15) is 0 Å². The molecule has 132 valence electrons. The molecule has 0 saturated heterocycles. The second kappa shape index (κ2) is 5.93. The molecule has 1 aromatic heterocycles. The summed E-state index contributed by atoms with van der Waals surface area (Å²) in [6.45, 7) is 0. The van der Waals surface area contributed by atoms with Gasteiger partial charge in [-0.15, -0.1) is 0 Å². The normalized spacial score (nSPS) is 15.7. The van der Waals surface area contributed by atoms with E-state index in [1.54, 1.807) is 0 Å². The molecule has 2 heterocycles. The van der Waals surface area contributed by atoms with Crippen LogP contribution in [0.4, 0.5) is 0 Å². The van der Waals surface area contributed by atoms with Gasteiger partial charge in [0.2, 0.25) is 0 Å². The quantitative estimate of drug-likeness (QED) is 0.348. The molecule has 2 heteroatoms. The average molecular weight is 359 g/mol. The van der Waals surface area contributed by atoms with Gasteiger partial charge < -0.3 is 4.42 Å². The van der Waals surface area contributed by atoms with E-state index in [2.05, 4.69) is 78.9 Å². The number of hydrogen-bond donors (Lipinski definition) is 0. The second-order valence-electron chi connectivity index (χ2n) is 7.18. The van der Waals surface area contributed by atoms with Crippen molar-refractivity contribution >= 4 is 27.7 Å². The standard InChI is InChI=1S/C26H17NO/c1-2-7-17(8-3-1)18-13-15-19(16-14-18)24-25(27-24)22-11-6-10-21-20-9-4-5-12-23(20)28-26(21)22/h1-16,25H. The molecule has 1 aliphatic heterocycles. The minimum atomic E-state index is 0.0897. The molecular weight excluding hydrogens is 342 g/mol. The summed E-state index contributed by atoms with van der Waals surface area (Å²) < 4.78 is 6.17. The van der Waals surface area contributed by atoms with Gasteiger partial charge in [0, 0.05) is 16.3 Å². The molecular formula is C26H17NO. The van der Waals surface area contributed by atoms with E-state index in [4.69, 9.17) is 9.41 Å². The zero-order chi connectivity index (χ0) is 18.5. The van der Waals surface area contributed by atoms with Crippen LogP contribution in [0.15, 0.2) is 106 Å². The maximum Gasteiger partial charge on any atom is 0.141 e. The summed E-state index contributed by atoms with van der Waals surface area (Å²) in [4.78, 5) is 4.77. The lowest BCUT2D eigenvalue weighted by atomic mass is 9.99. The first-order valence-corrected chi connectivity index (χ1v) is 9.52. The first-order chi connectivity index (χ1) is 13.9. The van der Waals surface area contributed by atoms with Crippen LogP contribution in [0.3, 0.4) is 0 Å². The van der Waals surface area contributed by atoms with Gasteiger partial charge in [-0.2, -0.15) is 0 Å². The minimum Gasteiger partial charge on any atom is -0.456 e. The molecule has 0 aliphatic carbocycles. The molecule has 6 rings (SSSR count). The molecule has 2 nitrogen and oxygen atoms in total. The van der Waals surface area contributed by atoms with Crippen LogP contribution < -0.4 is 0 Å². The van der Waals surface area contributed by atoms with Gasteiger partial charge in [0.1, 0.15) is 17.2 Å². The van der Waals surface area contributed by atoms with Crippen molar-refractivity contribution in [3.05, 3.63) is 108 Å². The zero-order valence-electron chi connectivity index (χ0n) is 15.2. The molecule has 0 saturated carbocycles. The van der Waals surface area contributed by atoms with Gasteiger partial charge in [-0.25, -0.2) is 0 Å². The Balaban J connectivity index is 1.34. The van der Waals surface area contributed by atoms with Crippen LogP contribution in [0, 0.1) is 0 Å². The van der Waals surface area contributed by atoms with Gasteiger partial charge in [-0.1, -0.05) is 91.0 Å². The van der Waals surface area contributed by atoms with Crippen LogP contribution in [0.5, 0.6) is 0 Å². The van der Waals surface area contributed by atoms with E-state index in [-0.39, 0.29) is 6.04 Å². The van der Waals surface area contributed by atoms with Gasteiger partial charge in [0.15, 0.2) is 0 Å². The van der Waals surface area contributed by atoms with Crippen LogP contribution in [0.1, 0.15) is 17.2 Å². The van der Waals surface area contributed by atoms with Crippen molar-refractivity contribution in [1.29, 1.82) is 0 Å². The van der Waals surface area contributed by atoms with Crippen molar-refractivity contribution in [3.8, 4) is 11.1 Å². The summed E-state index contributed by atoms with van der Waals surface area (Å²) in [5.41, 5.74) is 7.80. The number of nitrogens with zero attached hydrogens (tertiary/aromatic N) is 1. The van der Waals surface area contributed by atoms with Gasteiger partial charge in [-0.05, 0) is 22.8 Å². The minimum absolute atomic E-state index is 0.0897. The fourth-order valence-electron chi connectivity index (χ4n) is 4.00. The molecule has 0 radical (unpaired) electrons. The van der Waals surface area contributed by atoms with Gasteiger partial charge >= 0.3 is 0 Å². The van der Waals surface area contributed by atoms with Gasteiger partial charge in [0.25, 0.3) is 0 Å². The van der Waals surface area contributed by atoms with Crippen LogP contribution >= 0.6 is 0 Å². The smallest absolute Gasteiger partial charge is 0.141 e. The van der Waals surface area contributed by atoms with E-state index < -0.39 is 0 Å². The molecule has 0 N–H and O–H groups in total. The molecule has 1 aliphatic rings. The summed E-state index contributed by atoms with van der Waals surface area (Å²) in [5.74, 6) is 0. The van der Waals surface area contributed by atoms with Crippen LogP contribution in [-0.2, 0) is 0 Å². The lowest BCUT2D eigenvalue weighted by Crippen LogP contribution is -1.94. The number of para-hydroxylation sites is 2. The fourth-order valence-corrected chi connectivity index (χ4v) is 4.00. The molecule has 1 atom stereocenters. The SMILES string of the molecule is c1ccc(-c2ccc(C3=NC3c3cccc4c3oc3ccccc34)cc2)cc1. The number of hydrogen-bond acceptors (Lipinski definition) is 2. The van der Waals surface area contributed by atoms with Crippen LogP contribution in [0.2, 0.25) is 0 Å². The summed E-state index contributed by atoms with van der Waals surface area (Å²) in [5, 5.41) is 2.32. The zero-order valence-corrected chi connectivity index (χ0v) is 15.2.